The molecule has 5 heteroatoms. The molecule has 0 aliphatic heterocycles. The first kappa shape index (κ1) is 9.19. The largest absolute Gasteiger partial charge is 0.529 e. The van der Waals surface area contributed by atoms with E-state index in [0.29, 0.717) is 0 Å². The molecule has 0 atom stereocenters. The summed E-state index contributed by atoms with van der Waals surface area (Å²) in [6.45, 7) is 5.18. The molecular weight excluding hydrogens is 136 g/mol. The minimum absolute atomic E-state index is 0.548. The number of carbonyl (C=O) groups excluding carboxylic acids is 1. The molecule has 60 valence electrons. The van der Waals surface area contributed by atoms with Crippen molar-refractivity contribution in [2.45, 2.75) is 26.4 Å². The van der Waals surface area contributed by atoms with Crippen LogP contribution in [0.3, 0.4) is 0 Å². The zero-order chi connectivity index (χ0) is 8.20. The van der Waals surface area contributed by atoms with Crippen LogP contribution in [0.1, 0.15) is 20.8 Å². The molecule has 0 saturated carbocycles. The van der Waals surface area contributed by atoms with E-state index < -0.39 is 11.8 Å². The van der Waals surface area contributed by atoms with Gasteiger partial charge in [-0.25, -0.2) is 10.6 Å². The quantitative estimate of drug-likeness (QED) is 0.318. The second kappa shape index (κ2) is 3.38. The van der Waals surface area contributed by atoms with Crippen molar-refractivity contribution in [1.82, 2.24) is 5.59 Å². The van der Waals surface area contributed by atoms with Crippen LogP contribution in [0, 0.1) is 0 Å². The number of hydrogen-bond acceptors (Lipinski definition) is 5. The van der Waals surface area contributed by atoms with Gasteiger partial charge in [0.05, 0.1) is 0 Å². The molecule has 0 saturated heterocycles. The summed E-state index contributed by atoms with van der Waals surface area (Å²) in [5.74, 6) is 4.68. The third kappa shape index (κ3) is 5.33. The van der Waals surface area contributed by atoms with E-state index in [1.54, 1.807) is 26.4 Å². The first-order valence-corrected chi connectivity index (χ1v) is 2.81. The van der Waals surface area contributed by atoms with Crippen molar-refractivity contribution in [2.24, 2.45) is 5.84 Å². The lowest BCUT2D eigenvalue weighted by Crippen LogP contribution is -2.31. The van der Waals surface area contributed by atoms with Crippen molar-refractivity contribution in [3.63, 3.8) is 0 Å². The molecule has 0 amide bonds. The minimum Gasteiger partial charge on any atom is -0.427 e. The molecule has 0 unspecified atom stereocenters. The topological polar surface area (TPSA) is 73.6 Å². The van der Waals surface area contributed by atoms with Crippen LogP contribution in [-0.2, 0) is 9.57 Å². The zero-order valence-electron chi connectivity index (χ0n) is 6.30. The molecule has 0 aliphatic rings. The van der Waals surface area contributed by atoms with Gasteiger partial charge in [-0.3, -0.25) is 0 Å². The van der Waals surface area contributed by atoms with Gasteiger partial charge in [0.2, 0.25) is 0 Å². The lowest BCUT2D eigenvalue weighted by Gasteiger charge is -2.17. The van der Waals surface area contributed by atoms with Crippen LogP contribution in [0.15, 0.2) is 0 Å². The highest BCUT2D eigenvalue weighted by Crippen LogP contribution is 2.06. The van der Waals surface area contributed by atoms with E-state index >= 15 is 0 Å². The maximum absolute atomic E-state index is 10.5. The third-order valence-electron chi connectivity index (χ3n) is 0.532. The standard InChI is InChI=1S/C5H12N2O3/c1-5(2,3)9-4(8)10-7-6/h7H,6H2,1-3H3. The Morgan fingerprint density at radius 3 is 2.30 bits per heavy atom. The Morgan fingerprint density at radius 2 is 2.00 bits per heavy atom. The Morgan fingerprint density at radius 1 is 1.50 bits per heavy atom. The number of nitrogens with two attached hydrogens (primary N) is 1. The summed E-state index contributed by atoms with van der Waals surface area (Å²) in [5, 5.41) is 0. The number of rotatable bonds is 1. The molecular formula is C5H12N2O3. The molecule has 0 aromatic carbocycles. The van der Waals surface area contributed by atoms with Crippen molar-refractivity contribution in [2.75, 3.05) is 0 Å². The summed E-state index contributed by atoms with van der Waals surface area (Å²) in [6, 6.07) is 0. The second-order valence-corrected chi connectivity index (χ2v) is 2.68. The summed E-state index contributed by atoms with van der Waals surface area (Å²) >= 11 is 0. The van der Waals surface area contributed by atoms with Gasteiger partial charge in [-0.05, 0) is 20.8 Å². The summed E-state index contributed by atoms with van der Waals surface area (Å²) in [6.07, 6.45) is -0.838. The molecule has 0 rings (SSSR count). The van der Waals surface area contributed by atoms with E-state index in [1.165, 1.54) is 0 Å². The van der Waals surface area contributed by atoms with Gasteiger partial charge in [0.1, 0.15) is 5.60 Å². The van der Waals surface area contributed by atoms with Crippen LogP contribution in [0.4, 0.5) is 4.79 Å². The number of nitrogens with one attached hydrogen (secondary N) is 1. The molecule has 0 radical (unpaired) electrons. The molecule has 0 fully saturated rings. The van der Waals surface area contributed by atoms with Crippen LogP contribution in [-0.4, -0.2) is 11.8 Å². The lowest BCUT2D eigenvalue weighted by atomic mass is 10.2. The normalized spacial score (nSPS) is 10.8. The van der Waals surface area contributed by atoms with E-state index in [0.717, 1.165) is 0 Å². The number of carbonyl (C=O) groups is 1. The van der Waals surface area contributed by atoms with Crippen LogP contribution in [0.5, 0.6) is 0 Å². The highest BCUT2D eigenvalue weighted by molar-refractivity contribution is 5.59. The van der Waals surface area contributed by atoms with Gasteiger partial charge in [0.25, 0.3) is 0 Å². The molecule has 5 nitrogen and oxygen atoms in total. The molecule has 0 spiro atoms. The zero-order valence-corrected chi connectivity index (χ0v) is 6.30. The fourth-order valence-electron chi connectivity index (χ4n) is 0.319. The van der Waals surface area contributed by atoms with Crippen molar-refractivity contribution in [3.8, 4) is 0 Å². The Bertz CT molecular complexity index is 119. The van der Waals surface area contributed by atoms with E-state index in [2.05, 4.69) is 15.4 Å². The average molecular weight is 148 g/mol. The number of hydrazine groups is 1. The maximum Gasteiger partial charge on any atom is 0.529 e. The Hall–Kier alpha value is -0.810. The smallest absolute Gasteiger partial charge is 0.427 e. The highest BCUT2D eigenvalue weighted by atomic mass is 16.8. The van der Waals surface area contributed by atoms with Crippen LogP contribution in [0.25, 0.3) is 0 Å². The second-order valence-electron chi connectivity index (χ2n) is 2.68. The summed E-state index contributed by atoms with van der Waals surface area (Å²) in [4.78, 5) is 14.6. The summed E-state index contributed by atoms with van der Waals surface area (Å²) in [7, 11) is 0. The Labute approximate surface area is 59.4 Å². The van der Waals surface area contributed by atoms with Crippen molar-refractivity contribution >= 4 is 6.16 Å². The van der Waals surface area contributed by atoms with Gasteiger partial charge in [-0.1, -0.05) is 5.59 Å². The predicted octanol–water partition coefficient (Wildman–Crippen LogP) is 0.316. The van der Waals surface area contributed by atoms with Crippen molar-refractivity contribution in [1.29, 1.82) is 0 Å². The summed E-state index contributed by atoms with van der Waals surface area (Å²) in [5.41, 5.74) is 1.17. The SMILES string of the molecule is CC(C)(C)OC(=O)ONN. The lowest BCUT2D eigenvalue weighted by molar-refractivity contribution is -0.0320. The first-order chi connectivity index (χ1) is 4.45. The van der Waals surface area contributed by atoms with Crippen LogP contribution >= 0.6 is 0 Å². The van der Waals surface area contributed by atoms with Crippen LogP contribution in [0.2, 0.25) is 0 Å². The summed E-state index contributed by atoms with van der Waals surface area (Å²) < 4.78 is 4.67. The molecule has 0 heterocycles. The minimum atomic E-state index is -0.838. The number of ether oxygens (including phenoxy) is 1. The highest BCUT2D eigenvalue weighted by Gasteiger charge is 2.16. The van der Waals surface area contributed by atoms with Gasteiger partial charge < -0.3 is 9.57 Å². The Balaban J connectivity index is 3.58. The van der Waals surface area contributed by atoms with Gasteiger partial charge in [-0.15, -0.1) is 0 Å². The van der Waals surface area contributed by atoms with E-state index in [-0.39, 0.29) is 0 Å². The van der Waals surface area contributed by atoms with E-state index in [1.807, 2.05) is 0 Å². The van der Waals surface area contributed by atoms with E-state index in [9.17, 15) is 4.79 Å². The molecule has 10 heavy (non-hydrogen) atoms. The third-order valence-corrected chi connectivity index (χ3v) is 0.532. The monoisotopic (exact) mass is 148 g/mol. The first-order valence-electron chi connectivity index (χ1n) is 2.81. The van der Waals surface area contributed by atoms with Crippen molar-refractivity contribution < 1.29 is 14.4 Å². The maximum atomic E-state index is 10.5. The molecule has 0 aliphatic carbocycles. The molecule has 3 N–H and O–H groups in total. The van der Waals surface area contributed by atoms with E-state index in [4.69, 9.17) is 0 Å². The molecule has 0 aromatic heterocycles. The Kier molecular flexibility index (Phi) is 3.11. The number of hydrogen-bond donors (Lipinski definition) is 2. The fraction of sp³-hybridized carbons (Fsp3) is 0.800. The van der Waals surface area contributed by atoms with Gasteiger partial charge in [0, 0.05) is 0 Å². The molecule has 0 bridgehead atoms. The molecule has 0 aromatic rings. The van der Waals surface area contributed by atoms with Gasteiger partial charge >= 0.3 is 6.16 Å². The predicted molar refractivity (Wildman–Crippen MR) is 34.6 cm³/mol. The van der Waals surface area contributed by atoms with Crippen LogP contribution < -0.4 is 11.4 Å². The van der Waals surface area contributed by atoms with Gasteiger partial charge in [0.15, 0.2) is 0 Å². The fourth-order valence-corrected chi connectivity index (χ4v) is 0.319. The van der Waals surface area contributed by atoms with Gasteiger partial charge in [-0.2, -0.15) is 0 Å². The van der Waals surface area contributed by atoms with Crippen molar-refractivity contribution in [3.05, 3.63) is 0 Å². The average Bonchev–Trinajstić information content (AvgIpc) is 1.59.